The van der Waals surface area contributed by atoms with Crippen LogP contribution in [0.1, 0.15) is 37.5 Å². The fourth-order valence-corrected chi connectivity index (χ4v) is 5.81. The van der Waals surface area contributed by atoms with Gasteiger partial charge in [0, 0.05) is 17.6 Å². The summed E-state index contributed by atoms with van der Waals surface area (Å²) < 4.78 is 34.3. The number of benzene rings is 3. The van der Waals surface area contributed by atoms with Gasteiger partial charge in [0.15, 0.2) is 0 Å². The topological polar surface area (TPSA) is 96.0 Å². The van der Waals surface area contributed by atoms with Crippen LogP contribution in [0.4, 0.5) is 5.69 Å². The van der Waals surface area contributed by atoms with Crippen LogP contribution in [0.25, 0.3) is 0 Å². The number of aryl methyl sites for hydroxylation is 1. The van der Waals surface area contributed by atoms with E-state index in [1.165, 1.54) is 17.0 Å². The standard InChI is InChI=1S/C30H36ClN3O5S/c1-20(2)32-30(36)23(5)33(18-24-9-7-10-25(17-24)39-6)29(35)19-34(28-12-8-11-27(31)22(28)4)40(37,38)26-15-13-21(3)14-16-26/h7-17,20,23H,18-19H2,1-6H3,(H,32,36)/t23-/m0/s1. The summed E-state index contributed by atoms with van der Waals surface area (Å²) in [5.41, 5.74) is 2.42. The highest BCUT2D eigenvalue weighted by atomic mass is 35.5. The third-order valence-corrected chi connectivity index (χ3v) is 8.66. The lowest BCUT2D eigenvalue weighted by Crippen LogP contribution is -2.52. The number of nitrogens with one attached hydrogen (secondary N) is 1. The van der Waals surface area contributed by atoms with E-state index in [0.717, 1.165) is 15.4 Å². The fraction of sp³-hybridized carbons (Fsp3) is 0.333. The molecule has 0 spiro atoms. The molecular weight excluding hydrogens is 550 g/mol. The number of amides is 2. The van der Waals surface area contributed by atoms with E-state index in [-0.39, 0.29) is 29.1 Å². The molecule has 3 aromatic rings. The van der Waals surface area contributed by atoms with Crippen molar-refractivity contribution in [3.63, 3.8) is 0 Å². The van der Waals surface area contributed by atoms with Gasteiger partial charge < -0.3 is 15.0 Å². The van der Waals surface area contributed by atoms with Crippen LogP contribution in [0.5, 0.6) is 5.75 Å². The van der Waals surface area contributed by atoms with E-state index in [4.69, 9.17) is 16.3 Å². The van der Waals surface area contributed by atoms with Crippen LogP contribution in [-0.2, 0) is 26.2 Å². The summed E-state index contributed by atoms with van der Waals surface area (Å²) in [6, 6.07) is 17.5. The fourth-order valence-electron chi connectivity index (χ4n) is 4.17. The molecule has 0 aliphatic heterocycles. The van der Waals surface area contributed by atoms with Crippen molar-refractivity contribution >= 4 is 39.1 Å². The summed E-state index contributed by atoms with van der Waals surface area (Å²) in [7, 11) is -2.64. The van der Waals surface area contributed by atoms with Gasteiger partial charge >= 0.3 is 0 Å². The molecule has 40 heavy (non-hydrogen) atoms. The summed E-state index contributed by atoms with van der Waals surface area (Å²) in [6.45, 7) is 8.37. The lowest BCUT2D eigenvalue weighted by Gasteiger charge is -2.33. The van der Waals surface area contributed by atoms with Crippen LogP contribution in [0.2, 0.25) is 5.02 Å². The second kappa shape index (κ2) is 13.2. The molecule has 0 saturated heterocycles. The lowest BCUT2D eigenvalue weighted by atomic mass is 10.1. The Kier molecular flexibility index (Phi) is 10.2. The molecule has 0 saturated carbocycles. The van der Waals surface area contributed by atoms with Crippen LogP contribution in [0.15, 0.2) is 71.6 Å². The van der Waals surface area contributed by atoms with Gasteiger partial charge in [-0.05, 0) is 82.1 Å². The van der Waals surface area contributed by atoms with Crippen molar-refractivity contribution in [2.24, 2.45) is 0 Å². The average molecular weight is 586 g/mol. The minimum atomic E-state index is -4.18. The van der Waals surface area contributed by atoms with Gasteiger partial charge in [-0.2, -0.15) is 0 Å². The zero-order chi connectivity index (χ0) is 29.6. The third kappa shape index (κ3) is 7.34. The molecule has 0 aromatic heterocycles. The number of ether oxygens (including phenoxy) is 1. The summed E-state index contributed by atoms with van der Waals surface area (Å²) in [5.74, 6) is -0.301. The van der Waals surface area contributed by atoms with Crippen molar-refractivity contribution in [1.82, 2.24) is 10.2 Å². The number of methoxy groups -OCH3 is 1. The van der Waals surface area contributed by atoms with Gasteiger partial charge in [-0.3, -0.25) is 13.9 Å². The Morgan fingerprint density at radius 1 is 0.975 bits per heavy atom. The first-order valence-electron chi connectivity index (χ1n) is 12.9. The number of sulfonamides is 1. The van der Waals surface area contributed by atoms with E-state index in [9.17, 15) is 18.0 Å². The Morgan fingerprint density at radius 2 is 1.62 bits per heavy atom. The Bertz CT molecular complexity index is 1460. The van der Waals surface area contributed by atoms with Crippen molar-refractivity contribution in [2.45, 2.75) is 58.1 Å². The maximum absolute atomic E-state index is 14.0. The van der Waals surface area contributed by atoms with Crippen LogP contribution >= 0.6 is 11.6 Å². The summed E-state index contributed by atoms with van der Waals surface area (Å²) in [5, 5.41) is 3.21. The highest BCUT2D eigenvalue weighted by molar-refractivity contribution is 7.92. The monoisotopic (exact) mass is 585 g/mol. The predicted octanol–water partition coefficient (Wildman–Crippen LogP) is 5.10. The van der Waals surface area contributed by atoms with Crippen molar-refractivity contribution in [3.05, 3.63) is 88.4 Å². The molecule has 3 aromatic carbocycles. The lowest BCUT2D eigenvalue weighted by molar-refractivity contribution is -0.139. The third-order valence-electron chi connectivity index (χ3n) is 6.48. The molecule has 0 fully saturated rings. The Balaban J connectivity index is 2.08. The minimum absolute atomic E-state index is 0.0372. The summed E-state index contributed by atoms with van der Waals surface area (Å²) in [6.07, 6.45) is 0. The summed E-state index contributed by atoms with van der Waals surface area (Å²) in [4.78, 5) is 28.5. The molecule has 1 atom stereocenters. The van der Waals surface area contributed by atoms with Gasteiger partial charge in [0.2, 0.25) is 11.8 Å². The van der Waals surface area contributed by atoms with Crippen LogP contribution in [-0.4, -0.2) is 50.9 Å². The molecule has 10 heteroatoms. The van der Waals surface area contributed by atoms with Gasteiger partial charge in [0.25, 0.3) is 10.0 Å². The second-order valence-corrected chi connectivity index (χ2v) is 12.2. The van der Waals surface area contributed by atoms with Crippen LogP contribution < -0.4 is 14.4 Å². The Morgan fingerprint density at radius 3 is 2.25 bits per heavy atom. The number of anilines is 1. The van der Waals surface area contributed by atoms with Crippen molar-refractivity contribution in [3.8, 4) is 5.75 Å². The molecule has 0 radical (unpaired) electrons. The molecule has 3 rings (SSSR count). The quantitative estimate of drug-likeness (QED) is 0.338. The predicted molar refractivity (Wildman–Crippen MR) is 158 cm³/mol. The number of rotatable bonds is 11. The number of carbonyl (C=O) groups excluding carboxylic acids is 2. The first-order valence-corrected chi connectivity index (χ1v) is 14.7. The van der Waals surface area contributed by atoms with Crippen molar-refractivity contribution in [1.29, 1.82) is 0 Å². The smallest absolute Gasteiger partial charge is 0.264 e. The molecular formula is C30H36ClN3O5S. The Labute approximate surface area is 241 Å². The van der Waals surface area contributed by atoms with E-state index in [1.807, 2.05) is 26.8 Å². The largest absolute Gasteiger partial charge is 0.497 e. The van der Waals surface area contributed by atoms with E-state index in [0.29, 0.717) is 16.3 Å². The number of nitrogens with zero attached hydrogens (tertiary/aromatic N) is 2. The molecule has 0 aliphatic rings. The molecule has 1 N–H and O–H groups in total. The van der Waals surface area contributed by atoms with E-state index in [2.05, 4.69) is 5.32 Å². The van der Waals surface area contributed by atoms with E-state index in [1.54, 1.807) is 69.5 Å². The molecule has 8 nitrogen and oxygen atoms in total. The zero-order valence-electron chi connectivity index (χ0n) is 23.6. The normalized spacial score (nSPS) is 12.1. The van der Waals surface area contributed by atoms with Gasteiger partial charge in [0.1, 0.15) is 18.3 Å². The zero-order valence-corrected chi connectivity index (χ0v) is 25.2. The number of halogens is 1. The maximum atomic E-state index is 14.0. The van der Waals surface area contributed by atoms with E-state index < -0.39 is 28.5 Å². The van der Waals surface area contributed by atoms with Gasteiger partial charge in [0.05, 0.1) is 17.7 Å². The number of hydrogen-bond donors (Lipinski definition) is 1. The molecule has 2 amide bonds. The number of carbonyl (C=O) groups is 2. The van der Waals surface area contributed by atoms with Crippen molar-refractivity contribution < 1.29 is 22.7 Å². The van der Waals surface area contributed by atoms with Crippen molar-refractivity contribution in [2.75, 3.05) is 18.0 Å². The minimum Gasteiger partial charge on any atom is -0.497 e. The van der Waals surface area contributed by atoms with Crippen LogP contribution in [0.3, 0.4) is 0 Å². The first kappa shape index (κ1) is 31.0. The second-order valence-electron chi connectivity index (χ2n) is 9.92. The van der Waals surface area contributed by atoms with Gasteiger partial charge in [-0.25, -0.2) is 8.42 Å². The van der Waals surface area contributed by atoms with Gasteiger partial charge in [-0.1, -0.05) is 47.5 Å². The highest BCUT2D eigenvalue weighted by Crippen LogP contribution is 2.31. The van der Waals surface area contributed by atoms with Gasteiger partial charge in [-0.15, -0.1) is 0 Å². The molecule has 0 heterocycles. The molecule has 0 bridgehead atoms. The molecule has 0 aliphatic carbocycles. The average Bonchev–Trinajstić information content (AvgIpc) is 2.91. The molecule has 214 valence electrons. The molecule has 0 unspecified atom stereocenters. The first-order chi connectivity index (χ1) is 18.8. The Hall–Kier alpha value is -3.56. The maximum Gasteiger partial charge on any atom is 0.264 e. The SMILES string of the molecule is COc1cccc(CN(C(=O)CN(c2cccc(Cl)c2C)S(=O)(=O)c2ccc(C)cc2)[C@@H](C)C(=O)NC(C)C)c1. The van der Waals surface area contributed by atoms with Crippen LogP contribution in [0, 0.1) is 13.8 Å². The highest BCUT2D eigenvalue weighted by Gasteiger charge is 2.33. The number of hydrogen-bond acceptors (Lipinski definition) is 5. The summed E-state index contributed by atoms with van der Waals surface area (Å²) >= 11 is 6.37. The van der Waals surface area contributed by atoms with E-state index >= 15 is 0 Å².